The Labute approximate surface area is 204 Å². The number of nitrogens with two attached hydrogens (primary N) is 1. The number of nitrogens with zero attached hydrogens (tertiary/aromatic N) is 3. The number of ether oxygens (including phenoxy) is 1. The monoisotopic (exact) mass is 473 g/mol. The maximum Gasteiger partial charge on any atom is 0.337 e. The van der Waals surface area contributed by atoms with Crippen molar-refractivity contribution in [2.75, 3.05) is 44.3 Å². The maximum absolute atomic E-state index is 12.4. The molecule has 182 valence electrons. The molecule has 35 heavy (non-hydrogen) atoms. The number of fused-ring (bicyclic) bond motifs is 3. The summed E-state index contributed by atoms with van der Waals surface area (Å²) >= 11 is 0. The van der Waals surface area contributed by atoms with Crippen LogP contribution in [0.25, 0.3) is 22.5 Å². The number of rotatable bonds is 5. The van der Waals surface area contributed by atoms with Gasteiger partial charge in [-0.1, -0.05) is 12.1 Å². The zero-order chi connectivity index (χ0) is 24.2. The number of hydrogen-bond donors (Lipinski definition) is 3. The van der Waals surface area contributed by atoms with E-state index in [-0.39, 0.29) is 0 Å². The molecule has 2 saturated heterocycles. The molecule has 2 fully saturated rings. The van der Waals surface area contributed by atoms with E-state index in [2.05, 4.69) is 45.1 Å². The van der Waals surface area contributed by atoms with Gasteiger partial charge in [0, 0.05) is 73.9 Å². The summed E-state index contributed by atoms with van der Waals surface area (Å²) < 4.78 is 7.57. The van der Waals surface area contributed by atoms with Gasteiger partial charge in [-0.25, -0.2) is 4.79 Å². The molecule has 0 unspecified atom stereocenters. The van der Waals surface area contributed by atoms with Crippen molar-refractivity contribution in [3.8, 4) is 22.5 Å². The van der Waals surface area contributed by atoms with Gasteiger partial charge < -0.3 is 30.4 Å². The number of aromatic carboxylic acids is 1. The molecular weight excluding hydrogens is 442 g/mol. The predicted octanol–water partition coefficient (Wildman–Crippen LogP) is 2.23. The van der Waals surface area contributed by atoms with E-state index in [9.17, 15) is 9.90 Å². The van der Waals surface area contributed by atoms with Crippen molar-refractivity contribution in [1.82, 2.24) is 14.9 Å². The Hall–Kier alpha value is -3.20. The summed E-state index contributed by atoms with van der Waals surface area (Å²) in [7, 11) is 1.98. The lowest BCUT2D eigenvalue weighted by Crippen LogP contribution is -2.67. The normalized spacial score (nSPS) is 18.5. The average Bonchev–Trinajstić information content (AvgIpc) is 3.15. The van der Waals surface area contributed by atoms with E-state index < -0.39 is 11.5 Å². The van der Waals surface area contributed by atoms with Gasteiger partial charge in [0.05, 0.1) is 30.2 Å². The van der Waals surface area contributed by atoms with Gasteiger partial charge in [0.2, 0.25) is 0 Å². The van der Waals surface area contributed by atoms with Gasteiger partial charge in [0.15, 0.2) is 0 Å². The molecule has 4 N–H and O–H groups in total. The minimum Gasteiger partial charge on any atom is -0.478 e. The molecule has 1 aromatic carbocycles. The number of hydrogen-bond acceptors (Lipinski definition) is 6. The number of carboxylic acids is 1. The lowest BCUT2D eigenvalue weighted by molar-refractivity contribution is 0.0693. The number of nitrogens with one attached hydrogen (secondary N) is 1. The highest BCUT2D eigenvalue weighted by Crippen LogP contribution is 2.40. The lowest BCUT2D eigenvalue weighted by atomic mass is 9.85. The number of morpholine rings is 1. The fourth-order valence-electron chi connectivity index (χ4n) is 5.75. The van der Waals surface area contributed by atoms with Crippen molar-refractivity contribution >= 4 is 11.7 Å². The first-order valence-electron chi connectivity index (χ1n) is 12.3. The van der Waals surface area contributed by atoms with Crippen LogP contribution in [0.4, 0.5) is 5.69 Å². The average molecular weight is 474 g/mol. The van der Waals surface area contributed by atoms with Crippen molar-refractivity contribution in [1.29, 1.82) is 0 Å². The number of anilines is 1. The molecule has 0 amide bonds. The SMILES string of the molecule is Cn1c(CC2(N)CNC2)c(C(=O)O)c2c1-c1cc(-c3cccc(N4CCOCC4)c3)ncc1CC2. The first kappa shape index (κ1) is 22.3. The topological polar surface area (TPSA) is 106 Å². The number of carbonyl (C=O) groups is 1. The van der Waals surface area contributed by atoms with Gasteiger partial charge in [-0.2, -0.15) is 0 Å². The van der Waals surface area contributed by atoms with Crippen molar-refractivity contribution < 1.29 is 14.6 Å². The number of aromatic nitrogens is 2. The van der Waals surface area contributed by atoms with Crippen molar-refractivity contribution in [3.63, 3.8) is 0 Å². The molecule has 2 aliphatic heterocycles. The molecule has 0 radical (unpaired) electrons. The van der Waals surface area contributed by atoms with Crippen LogP contribution in [0.15, 0.2) is 36.5 Å². The fraction of sp³-hybridized carbons (Fsp3) is 0.407. The van der Waals surface area contributed by atoms with E-state index in [1.54, 1.807) is 0 Å². The molecule has 0 bridgehead atoms. The van der Waals surface area contributed by atoms with Crippen LogP contribution in [0.3, 0.4) is 0 Å². The Bertz CT molecular complexity index is 1300. The van der Waals surface area contributed by atoms with Gasteiger partial charge in [-0.05, 0) is 42.2 Å². The Kier molecular flexibility index (Phi) is 5.40. The third-order valence-corrected chi connectivity index (χ3v) is 7.71. The quantitative estimate of drug-likeness (QED) is 0.522. The maximum atomic E-state index is 12.4. The third-order valence-electron chi connectivity index (χ3n) is 7.71. The molecular formula is C27H31N5O3. The molecule has 0 spiro atoms. The number of aryl methyl sites for hydroxylation is 1. The third kappa shape index (κ3) is 3.82. The highest BCUT2D eigenvalue weighted by Gasteiger charge is 2.38. The van der Waals surface area contributed by atoms with Gasteiger partial charge in [-0.3, -0.25) is 4.98 Å². The van der Waals surface area contributed by atoms with Crippen molar-refractivity contribution in [2.45, 2.75) is 24.8 Å². The minimum absolute atomic E-state index is 0.398. The fourth-order valence-corrected chi connectivity index (χ4v) is 5.75. The standard InChI is InChI=1S/C27H31N5O3/c1-31-23(13-27(28)15-29-16-27)24(26(33)34)20-6-5-18-14-30-22(12-21(18)25(20)31)17-3-2-4-19(11-17)32-7-9-35-10-8-32/h2-4,11-12,14,29H,5-10,13,15-16,28H2,1H3,(H,33,34). The Balaban J connectivity index is 1.43. The second-order valence-electron chi connectivity index (χ2n) is 10.0. The van der Waals surface area contributed by atoms with E-state index in [1.165, 1.54) is 5.69 Å². The first-order chi connectivity index (χ1) is 16.9. The van der Waals surface area contributed by atoms with Crippen molar-refractivity contribution in [3.05, 3.63) is 58.9 Å². The van der Waals surface area contributed by atoms with Crippen LogP contribution >= 0.6 is 0 Å². The summed E-state index contributed by atoms with van der Waals surface area (Å²) in [6.45, 7) is 4.65. The van der Waals surface area contributed by atoms with Crippen molar-refractivity contribution in [2.24, 2.45) is 12.8 Å². The molecule has 4 heterocycles. The smallest absolute Gasteiger partial charge is 0.337 e. The molecule has 6 rings (SSSR count). The van der Waals surface area contributed by atoms with E-state index >= 15 is 0 Å². The molecule has 8 nitrogen and oxygen atoms in total. The van der Waals surface area contributed by atoms with Gasteiger partial charge in [-0.15, -0.1) is 0 Å². The summed E-state index contributed by atoms with van der Waals surface area (Å²) in [5, 5.41) is 13.4. The van der Waals surface area contributed by atoms with Gasteiger partial charge in [0.25, 0.3) is 0 Å². The largest absolute Gasteiger partial charge is 0.478 e. The number of benzene rings is 1. The van der Waals surface area contributed by atoms with E-state index in [4.69, 9.17) is 15.5 Å². The summed E-state index contributed by atoms with van der Waals surface area (Å²) in [4.78, 5) is 19.5. The summed E-state index contributed by atoms with van der Waals surface area (Å²) in [6.07, 6.45) is 3.98. The molecule has 0 saturated carbocycles. The summed E-state index contributed by atoms with van der Waals surface area (Å²) in [5.41, 5.74) is 14.6. The van der Waals surface area contributed by atoms with Crippen LogP contribution in [-0.4, -0.2) is 65.6 Å². The predicted molar refractivity (Wildman–Crippen MR) is 135 cm³/mol. The second kappa shape index (κ2) is 8.48. The van der Waals surface area contributed by atoms with Crippen LogP contribution in [0.1, 0.15) is 27.2 Å². The van der Waals surface area contributed by atoms with E-state index in [0.29, 0.717) is 31.5 Å². The van der Waals surface area contributed by atoms with E-state index in [0.717, 1.165) is 72.1 Å². The minimum atomic E-state index is -0.872. The summed E-state index contributed by atoms with van der Waals surface area (Å²) in [6, 6.07) is 10.6. The lowest BCUT2D eigenvalue weighted by Gasteiger charge is -2.39. The highest BCUT2D eigenvalue weighted by molar-refractivity contribution is 5.95. The van der Waals surface area contributed by atoms with Crippen LogP contribution in [0, 0.1) is 0 Å². The highest BCUT2D eigenvalue weighted by atomic mass is 16.5. The Morgan fingerprint density at radius 2 is 2.03 bits per heavy atom. The first-order valence-corrected chi connectivity index (χ1v) is 12.3. The van der Waals surface area contributed by atoms with E-state index in [1.807, 2.05) is 13.2 Å². The van der Waals surface area contributed by atoms with Gasteiger partial charge >= 0.3 is 5.97 Å². The Morgan fingerprint density at radius 1 is 1.23 bits per heavy atom. The summed E-state index contributed by atoms with van der Waals surface area (Å²) in [5.74, 6) is -0.872. The molecule has 3 aliphatic rings. The van der Waals surface area contributed by atoms with Crippen LogP contribution in [0.5, 0.6) is 0 Å². The zero-order valence-corrected chi connectivity index (χ0v) is 20.0. The van der Waals surface area contributed by atoms with Crippen LogP contribution in [-0.2, 0) is 31.0 Å². The molecule has 3 aromatic rings. The molecule has 2 aromatic heterocycles. The van der Waals surface area contributed by atoms with Crippen LogP contribution in [0.2, 0.25) is 0 Å². The Morgan fingerprint density at radius 3 is 2.74 bits per heavy atom. The number of pyridine rings is 1. The molecule has 8 heteroatoms. The second-order valence-corrected chi connectivity index (χ2v) is 10.0. The van der Waals surface area contributed by atoms with Gasteiger partial charge in [0.1, 0.15) is 0 Å². The number of carboxylic acid groups (broad SMARTS) is 1. The zero-order valence-electron chi connectivity index (χ0n) is 20.0. The molecule has 0 atom stereocenters. The molecule has 1 aliphatic carbocycles. The van der Waals surface area contributed by atoms with Crippen LogP contribution < -0.4 is 16.0 Å².